The van der Waals surface area contributed by atoms with Crippen LogP contribution >= 0.6 is 0 Å². The van der Waals surface area contributed by atoms with Crippen LogP contribution in [-0.4, -0.2) is 49.6 Å². The highest BCUT2D eigenvalue weighted by Gasteiger charge is 2.19. The second-order valence-electron chi connectivity index (χ2n) is 4.93. The monoisotopic (exact) mass is 251 g/mol. The van der Waals surface area contributed by atoms with Gasteiger partial charge in [-0.1, -0.05) is 12.8 Å². The fourth-order valence-corrected chi connectivity index (χ4v) is 2.23. The Balaban J connectivity index is 2.17. The van der Waals surface area contributed by atoms with E-state index in [1.54, 1.807) is 0 Å². The van der Waals surface area contributed by atoms with Crippen molar-refractivity contribution >= 4 is 5.91 Å². The molecular weight excluding hydrogens is 226 g/mol. The molecule has 0 aromatic heterocycles. The average molecular weight is 251 g/mol. The Morgan fingerprint density at radius 3 is 2.72 bits per heavy atom. The van der Waals surface area contributed by atoms with Crippen LogP contribution in [-0.2, 0) is 4.79 Å². The minimum atomic E-state index is -0.164. The van der Waals surface area contributed by atoms with Crippen LogP contribution < -0.4 is 10.6 Å². The van der Waals surface area contributed by atoms with Crippen molar-refractivity contribution < 1.29 is 4.79 Å². The zero-order valence-corrected chi connectivity index (χ0v) is 11.5. The first-order valence-electron chi connectivity index (χ1n) is 6.84. The Hall–Kier alpha value is -1.05. The van der Waals surface area contributed by atoms with Gasteiger partial charge in [0.15, 0.2) is 0 Å². The Morgan fingerprint density at radius 1 is 1.50 bits per heavy atom. The molecule has 0 spiro atoms. The molecule has 18 heavy (non-hydrogen) atoms. The van der Waals surface area contributed by atoms with Gasteiger partial charge in [0.05, 0.1) is 12.6 Å². The molecular formula is C14H25N3O. The van der Waals surface area contributed by atoms with Crippen molar-refractivity contribution in [2.75, 3.05) is 32.7 Å². The molecule has 4 heteroatoms. The smallest absolute Gasteiger partial charge is 0.237 e. The number of nitrogens with zero attached hydrogens (tertiary/aromatic N) is 1. The van der Waals surface area contributed by atoms with Crippen molar-refractivity contribution in [2.24, 2.45) is 5.92 Å². The second-order valence-corrected chi connectivity index (χ2v) is 4.93. The zero-order valence-electron chi connectivity index (χ0n) is 11.5. The van der Waals surface area contributed by atoms with E-state index in [4.69, 9.17) is 6.42 Å². The van der Waals surface area contributed by atoms with E-state index >= 15 is 0 Å². The van der Waals surface area contributed by atoms with E-state index in [0.29, 0.717) is 12.5 Å². The lowest BCUT2D eigenvalue weighted by Crippen LogP contribution is -2.45. The summed E-state index contributed by atoms with van der Waals surface area (Å²) in [6, 6.07) is -0.164. The molecule has 0 saturated carbocycles. The number of carbonyl (C=O) groups excluding carboxylic acids is 1. The minimum Gasteiger partial charge on any atom is -0.344 e. The fraction of sp³-hybridized carbons (Fsp3) is 0.786. The maximum Gasteiger partial charge on any atom is 0.237 e. The summed E-state index contributed by atoms with van der Waals surface area (Å²) in [6.45, 7) is 8.82. The fourth-order valence-electron chi connectivity index (χ4n) is 2.23. The van der Waals surface area contributed by atoms with E-state index in [0.717, 1.165) is 13.1 Å². The summed E-state index contributed by atoms with van der Waals surface area (Å²) in [7, 11) is 0. The van der Waals surface area contributed by atoms with Gasteiger partial charge < -0.3 is 15.5 Å². The van der Waals surface area contributed by atoms with Crippen LogP contribution in [0.3, 0.4) is 0 Å². The van der Waals surface area contributed by atoms with Crippen LogP contribution in [0.5, 0.6) is 0 Å². The summed E-state index contributed by atoms with van der Waals surface area (Å²) in [4.78, 5) is 14.1. The molecule has 1 aliphatic rings. The second kappa shape index (κ2) is 8.12. The quantitative estimate of drug-likeness (QED) is 0.674. The number of carbonyl (C=O) groups is 1. The van der Waals surface area contributed by atoms with Crippen LogP contribution in [0.25, 0.3) is 0 Å². The van der Waals surface area contributed by atoms with Gasteiger partial charge in [-0.05, 0) is 51.9 Å². The third-order valence-corrected chi connectivity index (χ3v) is 3.63. The first-order chi connectivity index (χ1) is 8.67. The normalized spacial score (nSPS) is 19.2. The molecule has 1 fully saturated rings. The van der Waals surface area contributed by atoms with Crippen molar-refractivity contribution in [1.29, 1.82) is 0 Å². The standard InChI is InChI=1S/C14H25N3O/c1-4-8-15-14(18)12(3)16-11-13-6-9-17(5-2)10-7-13/h1,12-13,16H,5-11H2,2-3H3,(H,15,18). The molecule has 4 nitrogen and oxygen atoms in total. The molecule has 1 aliphatic heterocycles. The Labute approximate surface area is 110 Å². The van der Waals surface area contributed by atoms with Crippen molar-refractivity contribution in [3.8, 4) is 12.3 Å². The van der Waals surface area contributed by atoms with Gasteiger partial charge in [0.25, 0.3) is 0 Å². The van der Waals surface area contributed by atoms with Crippen LogP contribution in [0.15, 0.2) is 0 Å². The molecule has 1 unspecified atom stereocenters. The van der Waals surface area contributed by atoms with Gasteiger partial charge in [0, 0.05) is 0 Å². The number of hydrogen-bond acceptors (Lipinski definition) is 3. The lowest BCUT2D eigenvalue weighted by atomic mass is 9.96. The van der Waals surface area contributed by atoms with Crippen molar-refractivity contribution in [2.45, 2.75) is 32.7 Å². The molecule has 0 radical (unpaired) electrons. The number of hydrogen-bond donors (Lipinski definition) is 2. The van der Waals surface area contributed by atoms with E-state index < -0.39 is 0 Å². The minimum absolute atomic E-state index is 0.0149. The SMILES string of the molecule is C#CCNC(=O)C(C)NCC1CCN(CC)CC1. The van der Waals surface area contributed by atoms with Gasteiger partial charge in [-0.3, -0.25) is 4.79 Å². The molecule has 1 amide bonds. The highest BCUT2D eigenvalue weighted by molar-refractivity contribution is 5.81. The number of rotatable bonds is 6. The van der Waals surface area contributed by atoms with Gasteiger partial charge in [-0.15, -0.1) is 6.42 Å². The van der Waals surface area contributed by atoms with E-state index in [1.165, 1.54) is 25.9 Å². The topological polar surface area (TPSA) is 44.4 Å². The van der Waals surface area contributed by atoms with E-state index in [9.17, 15) is 4.79 Å². The average Bonchev–Trinajstić information content (AvgIpc) is 2.42. The lowest BCUT2D eigenvalue weighted by Gasteiger charge is -2.31. The number of likely N-dealkylation sites (tertiary alicyclic amines) is 1. The third-order valence-electron chi connectivity index (χ3n) is 3.63. The maximum atomic E-state index is 11.6. The summed E-state index contributed by atoms with van der Waals surface area (Å²) in [6.07, 6.45) is 7.55. The summed E-state index contributed by atoms with van der Waals surface area (Å²) < 4.78 is 0. The molecule has 0 aromatic carbocycles. The number of nitrogens with one attached hydrogen (secondary N) is 2. The first-order valence-corrected chi connectivity index (χ1v) is 6.84. The highest BCUT2D eigenvalue weighted by atomic mass is 16.2. The zero-order chi connectivity index (χ0) is 13.4. The number of terminal acetylenes is 1. The van der Waals surface area contributed by atoms with Crippen molar-refractivity contribution in [1.82, 2.24) is 15.5 Å². The summed E-state index contributed by atoms with van der Waals surface area (Å²) >= 11 is 0. The number of piperidine rings is 1. The predicted octanol–water partition coefficient (Wildman–Crippen LogP) is 0.446. The Bertz CT molecular complexity index is 290. The van der Waals surface area contributed by atoms with Gasteiger partial charge in [-0.25, -0.2) is 0 Å². The molecule has 1 atom stereocenters. The molecule has 0 aromatic rings. The van der Waals surface area contributed by atoms with Crippen LogP contribution in [0.2, 0.25) is 0 Å². The summed E-state index contributed by atoms with van der Waals surface area (Å²) in [5.74, 6) is 3.08. The molecule has 1 rings (SSSR count). The van der Waals surface area contributed by atoms with Crippen LogP contribution in [0.4, 0.5) is 0 Å². The van der Waals surface area contributed by atoms with Gasteiger partial charge in [0.1, 0.15) is 0 Å². The molecule has 2 N–H and O–H groups in total. The Kier molecular flexibility index (Phi) is 6.77. The van der Waals surface area contributed by atoms with E-state index in [-0.39, 0.29) is 11.9 Å². The molecule has 0 bridgehead atoms. The highest BCUT2D eigenvalue weighted by Crippen LogP contribution is 2.15. The summed E-state index contributed by atoms with van der Waals surface area (Å²) in [5.41, 5.74) is 0. The lowest BCUT2D eigenvalue weighted by molar-refractivity contribution is -0.122. The summed E-state index contributed by atoms with van der Waals surface area (Å²) in [5, 5.41) is 5.98. The molecule has 1 heterocycles. The van der Waals surface area contributed by atoms with Crippen LogP contribution in [0.1, 0.15) is 26.7 Å². The Morgan fingerprint density at radius 2 is 2.17 bits per heavy atom. The van der Waals surface area contributed by atoms with Crippen molar-refractivity contribution in [3.05, 3.63) is 0 Å². The predicted molar refractivity (Wildman–Crippen MR) is 74.1 cm³/mol. The van der Waals surface area contributed by atoms with Crippen LogP contribution in [0, 0.1) is 18.3 Å². The maximum absolute atomic E-state index is 11.6. The molecule has 102 valence electrons. The largest absolute Gasteiger partial charge is 0.344 e. The van der Waals surface area contributed by atoms with Crippen molar-refractivity contribution in [3.63, 3.8) is 0 Å². The first kappa shape index (κ1) is 15.0. The number of amides is 1. The third kappa shape index (κ3) is 5.07. The van der Waals surface area contributed by atoms with E-state index in [2.05, 4.69) is 28.4 Å². The molecule has 1 saturated heterocycles. The molecule has 0 aliphatic carbocycles. The van der Waals surface area contributed by atoms with Gasteiger partial charge >= 0.3 is 0 Å². The van der Waals surface area contributed by atoms with Gasteiger partial charge in [0.2, 0.25) is 5.91 Å². The van der Waals surface area contributed by atoms with E-state index in [1.807, 2.05) is 6.92 Å². The van der Waals surface area contributed by atoms with Gasteiger partial charge in [-0.2, -0.15) is 0 Å².